The number of nitriles is 1. The van der Waals surface area contributed by atoms with Crippen LogP contribution in [0.2, 0.25) is 0 Å². The lowest BCUT2D eigenvalue weighted by molar-refractivity contribution is 0.242. The fourth-order valence-electron chi connectivity index (χ4n) is 1.90. The zero-order chi connectivity index (χ0) is 15.9. The van der Waals surface area contributed by atoms with Crippen molar-refractivity contribution in [3.63, 3.8) is 0 Å². The molecule has 0 amide bonds. The predicted octanol–water partition coefficient (Wildman–Crippen LogP) is 1.83. The molecule has 2 N–H and O–H groups in total. The first-order valence-corrected chi connectivity index (χ1v) is 8.35. The molecule has 5 nitrogen and oxygen atoms in total. The Morgan fingerprint density at radius 2 is 1.90 bits per heavy atom. The van der Waals surface area contributed by atoms with Crippen molar-refractivity contribution in [1.29, 1.82) is 5.26 Å². The molecule has 1 aromatic carbocycles. The number of rotatable bonds is 8. The second-order valence-electron chi connectivity index (χ2n) is 5.79. The third kappa shape index (κ3) is 5.84. The van der Waals surface area contributed by atoms with Gasteiger partial charge >= 0.3 is 0 Å². The predicted molar refractivity (Wildman–Crippen MR) is 81.0 cm³/mol. The van der Waals surface area contributed by atoms with Gasteiger partial charge in [0.05, 0.1) is 17.4 Å². The summed E-state index contributed by atoms with van der Waals surface area (Å²) in [5, 5.41) is 17.4. The second kappa shape index (κ2) is 7.55. The molecular weight excluding hydrogens is 288 g/mol. The van der Waals surface area contributed by atoms with Crippen LogP contribution in [-0.2, 0) is 16.4 Å². The molecule has 0 saturated heterocycles. The van der Waals surface area contributed by atoms with Gasteiger partial charge in [-0.3, -0.25) is 0 Å². The lowest BCUT2D eigenvalue weighted by Crippen LogP contribution is -2.34. The summed E-state index contributed by atoms with van der Waals surface area (Å²) in [4.78, 5) is 0.196. The zero-order valence-electron chi connectivity index (χ0n) is 12.5. The van der Waals surface area contributed by atoms with E-state index in [-0.39, 0.29) is 23.3 Å². The molecule has 0 unspecified atom stereocenters. The summed E-state index contributed by atoms with van der Waals surface area (Å²) in [6.45, 7) is 4.34. The van der Waals surface area contributed by atoms with Crippen LogP contribution in [0.15, 0.2) is 29.2 Å². The molecule has 0 spiro atoms. The highest BCUT2D eigenvalue weighted by Gasteiger charge is 2.21. The molecule has 0 aliphatic rings. The van der Waals surface area contributed by atoms with Crippen molar-refractivity contribution in [3.05, 3.63) is 29.8 Å². The molecule has 0 aliphatic heterocycles. The Balaban J connectivity index is 2.71. The maximum Gasteiger partial charge on any atom is 0.240 e. The third-order valence-corrected chi connectivity index (χ3v) is 4.69. The number of nitrogens with one attached hydrogen (secondary N) is 1. The summed E-state index contributed by atoms with van der Waals surface area (Å²) in [7, 11) is -3.55. The van der Waals surface area contributed by atoms with Crippen LogP contribution in [0.4, 0.5) is 0 Å². The highest BCUT2D eigenvalue weighted by molar-refractivity contribution is 7.89. The summed E-state index contributed by atoms with van der Waals surface area (Å²) in [5.41, 5.74) is 0.580. The third-order valence-electron chi connectivity index (χ3n) is 3.27. The van der Waals surface area contributed by atoms with Gasteiger partial charge in [0, 0.05) is 13.2 Å². The minimum absolute atomic E-state index is 0.108. The maximum absolute atomic E-state index is 12.2. The molecule has 0 radical (unpaired) electrons. The van der Waals surface area contributed by atoms with Gasteiger partial charge in [0.25, 0.3) is 0 Å². The molecule has 0 aromatic heterocycles. The van der Waals surface area contributed by atoms with Gasteiger partial charge in [-0.2, -0.15) is 5.26 Å². The van der Waals surface area contributed by atoms with Gasteiger partial charge in [0.2, 0.25) is 10.0 Å². The molecular formula is C15H22N2O3S. The Kier molecular flexibility index (Phi) is 6.34. The number of aliphatic hydroxyl groups is 1. The van der Waals surface area contributed by atoms with Crippen LogP contribution in [0.1, 0.15) is 32.3 Å². The van der Waals surface area contributed by atoms with Crippen LogP contribution in [0.3, 0.4) is 0 Å². The Labute approximate surface area is 126 Å². The molecule has 0 atom stereocenters. The van der Waals surface area contributed by atoms with Crippen molar-refractivity contribution in [2.75, 3.05) is 13.2 Å². The van der Waals surface area contributed by atoms with Crippen molar-refractivity contribution < 1.29 is 13.5 Å². The van der Waals surface area contributed by atoms with Crippen molar-refractivity contribution in [2.45, 2.75) is 38.0 Å². The van der Waals surface area contributed by atoms with Crippen molar-refractivity contribution in [2.24, 2.45) is 5.41 Å². The first kappa shape index (κ1) is 17.6. The largest absolute Gasteiger partial charge is 0.396 e. The second-order valence-corrected chi connectivity index (χ2v) is 7.56. The Bertz CT molecular complexity index is 586. The van der Waals surface area contributed by atoms with E-state index in [0.29, 0.717) is 13.0 Å². The molecule has 21 heavy (non-hydrogen) atoms. The quantitative estimate of drug-likeness (QED) is 0.766. The average molecular weight is 310 g/mol. The van der Waals surface area contributed by atoms with E-state index in [9.17, 15) is 8.42 Å². The van der Waals surface area contributed by atoms with Crippen LogP contribution in [0.25, 0.3) is 0 Å². The van der Waals surface area contributed by atoms with E-state index in [1.807, 2.05) is 19.9 Å². The van der Waals surface area contributed by atoms with E-state index in [1.54, 1.807) is 12.1 Å². The molecule has 0 heterocycles. The van der Waals surface area contributed by atoms with E-state index < -0.39 is 10.0 Å². The molecule has 1 aromatic rings. The zero-order valence-corrected chi connectivity index (χ0v) is 13.3. The summed E-state index contributed by atoms with van der Waals surface area (Å²) in [6, 6.07) is 8.34. The molecule has 0 fully saturated rings. The minimum atomic E-state index is -3.55. The fraction of sp³-hybridized carbons (Fsp3) is 0.533. The monoisotopic (exact) mass is 310 g/mol. The summed E-state index contributed by atoms with van der Waals surface area (Å²) < 4.78 is 27.0. The van der Waals surface area contributed by atoms with Gasteiger partial charge in [-0.15, -0.1) is 0 Å². The van der Waals surface area contributed by atoms with Crippen LogP contribution in [0.5, 0.6) is 0 Å². The van der Waals surface area contributed by atoms with E-state index in [2.05, 4.69) is 4.72 Å². The van der Waals surface area contributed by atoms with Gasteiger partial charge < -0.3 is 5.11 Å². The highest BCUT2D eigenvalue weighted by Crippen LogP contribution is 2.22. The lowest BCUT2D eigenvalue weighted by Gasteiger charge is -2.24. The number of benzene rings is 1. The molecule has 116 valence electrons. The highest BCUT2D eigenvalue weighted by atomic mass is 32.2. The topological polar surface area (TPSA) is 90.2 Å². The van der Waals surface area contributed by atoms with Crippen molar-refractivity contribution in [1.82, 2.24) is 4.72 Å². The number of hydrogen-bond donors (Lipinski definition) is 2. The van der Waals surface area contributed by atoms with Gasteiger partial charge in [0.1, 0.15) is 0 Å². The fourth-order valence-corrected chi connectivity index (χ4v) is 3.14. The molecule has 6 heteroatoms. The number of nitrogens with zero attached hydrogens (tertiary/aromatic N) is 1. The Morgan fingerprint density at radius 3 is 2.43 bits per heavy atom. The number of hydrogen-bond acceptors (Lipinski definition) is 4. The maximum atomic E-state index is 12.2. The van der Waals surface area contributed by atoms with Gasteiger partial charge in [-0.1, -0.05) is 26.0 Å². The Hall–Kier alpha value is -1.42. The standard InChI is InChI=1S/C15H22N2O3S/c1-15(2,9-3-11-18)12-17-21(19,20)14-6-4-13(5-7-14)8-10-16/h4-7,17-18H,3,8-9,11-12H2,1-2H3. The molecule has 0 saturated carbocycles. The van der Waals surface area contributed by atoms with Crippen LogP contribution in [-0.4, -0.2) is 26.7 Å². The Morgan fingerprint density at radius 1 is 1.29 bits per heavy atom. The summed E-state index contributed by atoms with van der Waals surface area (Å²) >= 11 is 0. The minimum Gasteiger partial charge on any atom is -0.396 e. The molecule has 0 aliphatic carbocycles. The first-order valence-electron chi connectivity index (χ1n) is 6.87. The van der Waals surface area contributed by atoms with Crippen molar-refractivity contribution in [3.8, 4) is 6.07 Å². The smallest absolute Gasteiger partial charge is 0.240 e. The molecule has 0 bridgehead atoms. The van der Waals surface area contributed by atoms with E-state index in [1.165, 1.54) is 12.1 Å². The summed E-state index contributed by atoms with van der Waals surface area (Å²) in [5.74, 6) is 0. The lowest BCUT2D eigenvalue weighted by atomic mass is 9.88. The van der Waals surface area contributed by atoms with E-state index in [0.717, 1.165) is 12.0 Å². The van der Waals surface area contributed by atoms with Gasteiger partial charge in [-0.05, 0) is 36.0 Å². The van der Waals surface area contributed by atoms with Crippen LogP contribution >= 0.6 is 0 Å². The first-order chi connectivity index (χ1) is 9.80. The van der Waals surface area contributed by atoms with Crippen molar-refractivity contribution >= 4 is 10.0 Å². The van der Waals surface area contributed by atoms with E-state index in [4.69, 9.17) is 10.4 Å². The van der Waals surface area contributed by atoms with Gasteiger partial charge in [-0.25, -0.2) is 13.1 Å². The SMILES string of the molecule is CC(C)(CCCO)CNS(=O)(=O)c1ccc(CC#N)cc1. The molecule has 1 rings (SSSR count). The van der Waals surface area contributed by atoms with Gasteiger partial charge in [0.15, 0.2) is 0 Å². The van der Waals surface area contributed by atoms with E-state index >= 15 is 0 Å². The number of sulfonamides is 1. The number of aliphatic hydroxyl groups excluding tert-OH is 1. The average Bonchev–Trinajstić information content (AvgIpc) is 2.44. The normalized spacial score (nSPS) is 12.1. The van der Waals surface area contributed by atoms with Crippen LogP contribution < -0.4 is 4.72 Å². The van der Waals surface area contributed by atoms with Crippen LogP contribution in [0, 0.1) is 16.7 Å². The summed E-state index contributed by atoms with van der Waals surface area (Å²) in [6.07, 6.45) is 1.66.